The monoisotopic (exact) mass is 142 g/mol. The van der Waals surface area contributed by atoms with E-state index in [4.69, 9.17) is 0 Å². The molecule has 2 unspecified atom stereocenters. The number of thioether (sulfide) groups is 1. The summed E-state index contributed by atoms with van der Waals surface area (Å²) >= 11 is 1.86. The molecule has 0 aliphatic heterocycles. The summed E-state index contributed by atoms with van der Waals surface area (Å²) in [5.41, 5.74) is 0. The number of rotatable bonds is 4. The molecule has 0 aliphatic rings. The van der Waals surface area contributed by atoms with E-state index in [2.05, 4.69) is 27.0 Å². The lowest BCUT2D eigenvalue weighted by molar-refractivity contribution is 1.19. The first-order chi connectivity index (χ1) is 4.20. The molecule has 0 heterocycles. The highest BCUT2D eigenvalue weighted by Gasteiger charge is 2.00. The van der Waals surface area contributed by atoms with Crippen molar-refractivity contribution in [3.05, 3.63) is 25.3 Å². The van der Waals surface area contributed by atoms with Crippen LogP contribution in [0.2, 0.25) is 0 Å². The van der Waals surface area contributed by atoms with Gasteiger partial charge in [-0.15, -0.1) is 24.9 Å². The van der Waals surface area contributed by atoms with E-state index in [1.54, 1.807) is 0 Å². The summed E-state index contributed by atoms with van der Waals surface area (Å²) in [6.45, 7) is 11.7. The van der Waals surface area contributed by atoms with Crippen molar-refractivity contribution in [2.45, 2.75) is 24.3 Å². The molecule has 2 atom stereocenters. The van der Waals surface area contributed by atoms with Crippen molar-refractivity contribution in [3.63, 3.8) is 0 Å². The van der Waals surface area contributed by atoms with Gasteiger partial charge < -0.3 is 0 Å². The summed E-state index contributed by atoms with van der Waals surface area (Å²) < 4.78 is 0. The van der Waals surface area contributed by atoms with Crippen LogP contribution < -0.4 is 0 Å². The number of hydrogen-bond donors (Lipinski definition) is 0. The van der Waals surface area contributed by atoms with Crippen LogP contribution in [0.3, 0.4) is 0 Å². The molecular formula is C8H14S. The van der Waals surface area contributed by atoms with Crippen LogP contribution in [0, 0.1) is 0 Å². The Morgan fingerprint density at radius 2 is 1.44 bits per heavy atom. The van der Waals surface area contributed by atoms with Crippen molar-refractivity contribution in [2.24, 2.45) is 0 Å². The predicted molar refractivity (Wildman–Crippen MR) is 46.9 cm³/mol. The lowest BCUT2D eigenvalue weighted by Crippen LogP contribution is -1.97. The molecule has 0 radical (unpaired) electrons. The van der Waals surface area contributed by atoms with E-state index in [-0.39, 0.29) is 0 Å². The van der Waals surface area contributed by atoms with Crippen LogP contribution in [-0.2, 0) is 0 Å². The van der Waals surface area contributed by atoms with E-state index in [1.807, 2.05) is 23.9 Å². The fourth-order valence-corrected chi connectivity index (χ4v) is 1.35. The maximum atomic E-state index is 3.69. The van der Waals surface area contributed by atoms with E-state index in [0.29, 0.717) is 10.5 Å². The van der Waals surface area contributed by atoms with Crippen LogP contribution in [0.15, 0.2) is 25.3 Å². The van der Waals surface area contributed by atoms with Gasteiger partial charge in [-0.1, -0.05) is 12.2 Å². The smallest absolute Gasteiger partial charge is 0.0201 e. The molecule has 0 fully saturated rings. The maximum absolute atomic E-state index is 3.69. The van der Waals surface area contributed by atoms with E-state index < -0.39 is 0 Å². The van der Waals surface area contributed by atoms with Gasteiger partial charge in [-0.25, -0.2) is 0 Å². The van der Waals surface area contributed by atoms with Crippen molar-refractivity contribution < 1.29 is 0 Å². The Balaban J connectivity index is 3.45. The Hall–Kier alpha value is -0.170. The Morgan fingerprint density at radius 3 is 1.67 bits per heavy atom. The SMILES string of the molecule is C=CC(C)SC(C)C=C. The van der Waals surface area contributed by atoms with Crippen molar-refractivity contribution in [1.82, 2.24) is 0 Å². The highest BCUT2D eigenvalue weighted by Crippen LogP contribution is 2.17. The summed E-state index contributed by atoms with van der Waals surface area (Å²) in [4.78, 5) is 0. The van der Waals surface area contributed by atoms with Gasteiger partial charge in [-0.2, -0.15) is 0 Å². The first-order valence-electron chi connectivity index (χ1n) is 3.11. The van der Waals surface area contributed by atoms with Crippen molar-refractivity contribution in [2.75, 3.05) is 0 Å². The van der Waals surface area contributed by atoms with Gasteiger partial charge in [0.05, 0.1) is 0 Å². The largest absolute Gasteiger partial charge is 0.147 e. The third-order valence-electron chi connectivity index (χ3n) is 1.09. The lowest BCUT2D eigenvalue weighted by Gasteiger charge is -2.08. The van der Waals surface area contributed by atoms with Gasteiger partial charge in [0.2, 0.25) is 0 Å². The molecule has 0 saturated heterocycles. The average molecular weight is 142 g/mol. The molecule has 0 amide bonds. The second-order valence-corrected chi connectivity index (χ2v) is 3.78. The molecule has 0 aliphatic carbocycles. The van der Waals surface area contributed by atoms with Crippen molar-refractivity contribution >= 4 is 11.8 Å². The molecule has 0 bridgehead atoms. The normalized spacial score (nSPS) is 16.2. The average Bonchev–Trinajstić information content (AvgIpc) is 1.87. The number of hydrogen-bond acceptors (Lipinski definition) is 1. The summed E-state index contributed by atoms with van der Waals surface area (Å²) in [5, 5.41) is 1.08. The van der Waals surface area contributed by atoms with Gasteiger partial charge in [-0.05, 0) is 13.8 Å². The van der Waals surface area contributed by atoms with Gasteiger partial charge in [0.25, 0.3) is 0 Å². The highest BCUT2D eigenvalue weighted by molar-refractivity contribution is 8.00. The topological polar surface area (TPSA) is 0 Å². The fraction of sp³-hybridized carbons (Fsp3) is 0.500. The molecule has 0 aromatic heterocycles. The molecule has 52 valence electrons. The first kappa shape index (κ1) is 8.83. The minimum atomic E-state index is 0.540. The maximum Gasteiger partial charge on any atom is 0.0201 e. The Kier molecular flexibility index (Phi) is 4.60. The molecule has 0 saturated carbocycles. The predicted octanol–water partition coefficient (Wildman–Crippen LogP) is 2.87. The van der Waals surface area contributed by atoms with E-state index in [1.165, 1.54) is 0 Å². The highest BCUT2D eigenvalue weighted by atomic mass is 32.2. The molecule has 0 spiro atoms. The second-order valence-electron chi connectivity index (χ2n) is 2.02. The third-order valence-corrected chi connectivity index (χ3v) is 2.34. The van der Waals surface area contributed by atoms with Crippen LogP contribution in [0.4, 0.5) is 0 Å². The van der Waals surface area contributed by atoms with Gasteiger partial charge in [-0.3, -0.25) is 0 Å². The van der Waals surface area contributed by atoms with Gasteiger partial charge in [0.1, 0.15) is 0 Å². The van der Waals surface area contributed by atoms with Crippen LogP contribution in [0.1, 0.15) is 13.8 Å². The van der Waals surface area contributed by atoms with Gasteiger partial charge in [0.15, 0.2) is 0 Å². The summed E-state index contributed by atoms with van der Waals surface area (Å²) in [6, 6.07) is 0. The zero-order valence-electron chi connectivity index (χ0n) is 6.13. The van der Waals surface area contributed by atoms with Crippen LogP contribution in [0.25, 0.3) is 0 Å². The third kappa shape index (κ3) is 4.34. The molecule has 0 nitrogen and oxygen atoms in total. The quantitative estimate of drug-likeness (QED) is 0.544. The molecule has 1 heteroatoms. The second kappa shape index (κ2) is 4.68. The molecule has 0 aromatic rings. The fourth-order valence-electron chi connectivity index (χ4n) is 0.450. The molecule has 9 heavy (non-hydrogen) atoms. The van der Waals surface area contributed by atoms with Crippen molar-refractivity contribution in [3.8, 4) is 0 Å². The summed E-state index contributed by atoms with van der Waals surface area (Å²) in [7, 11) is 0. The molecular weight excluding hydrogens is 128 g/mol. The molecule has 0 aromatic carbocycles. The zero-order valence-corrected chi connectivity index (χ0v) is 6.95. The lowest BCUT2D eigenvalue weighted by atomic mass is 10.5. The first-order valence-corrected chi connectivity index (χ1v) is 4.05. The molecule has 0 N–H and O–H groups in total. The Bertz CT molecular complexity index is 84.7. The standard InChI is InChI=1S/C8H14S/c1-5-7(3)9-8(4)6-2/h5-8H,1-2H2,3-4H3. The Morgan fingerprint density at radius 1 is 1.11 bits per heavy atom. The van der Waals surface area contributed by atoms with E-state index >= 15 is 0 Å². The van der Waals surface area contributed by atoms with Crippen LogP contribution in [0.5, 0.6) is 0 Å². The summed E-state index contributed by atoms with van der Waals surface area (Å²) in [5.74, 6) is 0. The van der Waals surface area contributed by atoms with E-state index in [9.17, 15) is 0 Å². The van der Waals surface area contributed by atoms with Gasteiger partial charge in [0, 0.05) is 10.5 Å². The van der Waals surface area contributed by atoms with Crippen LogP contribution >= 0.6 is 11.8 Å². The Labute approximate surface area is 62.0 Å². The van der Waals surface area contributed by atoms with Crippen LogP contribution in [-0.4, -0.2) is 10.5 Å². The molecule has 0 rings (SSSR count). The summed E-state index contributed by atoms with van der Waals surface area (Å²) in [6.07, 6.45) is 3.90. The minimum Gasteiger partial charge on any atom is -0.147 e. The van der Waals surface area contributed by atoms with E-state index in [0.717, 1.165) is 0 Å². The zero-order chi connectivity index (χ0) is 7.28. The van der Waals surface area contributed by atoms with Gasteiger partial charge >= 0.3 is 0 Å². The minimum absolute atomic E-state index is 0.540. The van der Waals surface area contributed by atoms with Crippen molar-refractivity contribution in [1.29, 1.82) is 0 Å².